The van der Waals surface area contributed by atoms with Crippen molar-refractivity contribution in [2.24, 2.45) is 11.8 Å². The Bertz CT molecular complexity index is 1140. The number of hydrogen-bond acceptors (Lipinski definition) is 5. The van der Waals surface area contributed by atoms with Crippen LogP contribution >= 0.6 is 34.3 Å². The first kappa shape index (κ1) is 27.2. The summed E-state index contributed by atoms with van der Waals surface area (Å²) in [4.78, 5) is 27.1. The lowest BCUT2D eigenvalue weighted by Gasteiger charge is -2.54. The van der Waals surface area contributed by atoms with E-state index in [0.29, 0.717) is 40.1 Å². The summed E-state index contributed by atoms with van der Waals surface area (Å²) in [6.07, 6.45) is 2.73. The molecule has 6 rings (SSSR count). The Morgan fingerprint density at radius 2 is 1.08 bits per heavy atom. The van der Waals surface area contributed by atoms with Gasteiger partial charge in [-0.15, -0.1) is 17.2 Å². The number of rotatable bonds is 8. The number of nitrogens with one attached hydrogen (secondary N) is 1. The minimum Gasteiger partial charge on any atom is -0.452 e. The quantitative estimate of drug-likeness (QED) is 0.323. The van der Waals surface area contributed by atoms with Crippen LogP contribution in [0.2, 0.25) is 0 Å². The normalized spacial score (nSPS) is 41.5. The van der Waals surface area contributed by atoms with Gasteiger partial charge in [0, 0.05) is 0 Å². The van der Waals surface area contributed by atoms with Crippen LogP contribution in [0.25, 0.3) is 0 Å². The maximum absolute atomic E-state index is 13.6. The van der Waals surface area contributed by atoms with Crippen molar-refractivity contribution in [1.29, 1.82) is 0 Å². The van der Waals surface area contributed by atoms with Crippen LogP contribution in [-0.2, 0) is 9.47 Å². The molecule has 2 heterocycles. The molecule has 0 aromatic heterocycles. The Morgan fingerprint density at radius 1 is 0.684 bits per heavy atom. The molecule has 4 aliphatic rings. The van der Waals surface area contributed by atoms with E-state index >= 15 is 0 Å². The van der Waals surface area contributed by atoms with Gasteiger partial charge in [0.15, 0.2) is 12.2 Å². The summed E-state index contributed by atoms with van der Waals surface area (Å²) in [5.74, 6) is 0.182. The fourth-order valence-corrected chi connectivity index (χ4v) is 15.4. The van der Waals surface area contributed by atoms with Crippen molar-refractivity contribution in [1.82, 2.24) is 5.32 Å². The van der Waals surface area contributed by atoms with Crippen molar-refractivity contribution in [3.05, 3.63) is 71.8 Å². The topological polar surface area (TPSA) is 64.6 Å². The third-order valence-electron chi connectivity index (χ3n) is 10.0. The molecule has 2 saturated carbocycles. The number of fused-ring (bicyclic) bond motifs is 9. The molecule has 9 heteroatoms. The Balaban J connectivity index is 1.48. The molecule has 4 fully saturated rings. The van der Waals surface area contributed by atoms with Crippen LogP contribution in [0.3, 0.4) is 0 Å². The largest absolute Gasteiger partial charge is 0.452 e. The number of hydrogen-bond donors (Lipinski definition) is 1. The summed E-state index contributed by atoms with van der Waals surface area (Å²) >= 11 is 0. The number of carbonyl (C=O) groups excluding carboxylic acids is 2. The smallest absolute Gasteiger partial charge is 0.338 e. The second kappa shape index (κ2) is 9.86. The lowest BCUT2D eigenvalue weighted by Crippen LogP contribution is -2.63. The van der Waals surface area contributed by atoms with E-state index in [4.69, 9.17) is 9.47 Å². The predicted molar refractivity (Wildman–Crippen MR) is 163 cm³/mol. The molecular formula is C29H37NO4P4. The maximum Gasteiger partial charge on any atom is 0.338 e. The molecule has 0 radical (unpaired) electrons. The summed E-state index contributed by atoms with van der Waals surface area (Å²) in [5.41, 5.74) is 1.07. The van der Waals surface area contributed by atoms with Gasteiger partial charge in [0.1, 0.15) is 0 Å². The third kappa shape index (κ3) is 3.62. The van der Waals surface area contributed by atoms with Gasteiger partial charge in [-0.1, -0.05) is 53.6 Å². The lowest BCUT2D eigenvalue weighted by atomic mass is 9.67. The Morgan fingerprint density at radius 3 is 1.42 bits per heavy atom. The summed E-state index contributed by atoms with van der Waals surface area (Å²) < 4.78 is 13.0. The Hall–Kier alpha value is -0.940. The van der Waals surface area contributed by atoms with E-state index in [2.05, 4.69) is 32.0 Å². The van der Waals surface area contributed by atoms with E-state index in [1.165, 1.54) is 19.3 Å². The number of esters is 2. The molecule has 12 unspecified atom stereocenters. The molecule has 4 bridgehead atoms. The number of benzene rings is 2. The minimum absolute atomic E-state index is 0.275. The highest BCUT2D eigenvalue weighted by atomic mass is 31.1. The molecule has 0 spiro atoms. The molecule has 1 N–H and O–H groups in total. The predicted octanol–water partition coefficient (Wildman–Crippen LogP) is 5.59. The standard InChI is InChI=1S/C29H37NO4P4/c1-35-26-15-16-27(17-26,36-2)21-20(26)28(37-3)22(33-24(31)18-11-7-5-8-12-18)23(29(21,30-28)38-4)34-25(32)19-13-9-6-10-14-19/h5-14,20-23,30,35-38H,15-17H2,1-4H3. The van der Waals surface area contributed by atoms with Gasteiger partial charge in [-0.25, -0.2) is 9.59 Å². The van der Waals surface area contributed by atoms with Gasteiger partial charge in [-0.2, -0.15) is 0 Å². The summed E-state index contributed by atoms with van der Waals surface area (Å²) in [7, 11) is 2.74. The fraction of sp³-hybridized carbons (Fsp3) is 0.517. The molecule has 12 atom stereocenters. The van der Waals surface area contributed by atoms with Crippen LogP contribution in [0.4, 0.5) is 0 Å². The van der Waals surface area contributed by atoms with E-state index in [9.17, 15) is 9.59 Å². The van der Waals surface area contributed by atoms with E-state index in [1.54, 1.807) is 24.3 Å². The fourth-order valence-electron chi connectivity index (χ4n) is 8.51. The average molecular weight is 588 g/mol. The van der Waals surface area contributed by atoms with E-state index in [-0.39, 0.29) is 32.8 Å². The van der Waals surface area contributed by atoms with Gasteiger partial charge < -0.3 is 9.47 Å². The van der Waals surface area contributed by atoms with E-state index in [0.717, 1.165) is 17.2 Å². The average Bonchev–Trinajstić information content (AvgIpc) is 3.68. The highest BCUT2D eigenvalue weighted by molar-refractivity contribution is 7.43. The molecule has 0 amide bonds. The number of ether oxygens (including phenoxy) is 2. The van der Waals surface area contributed by atoms with Crippen LogP contribution < -0.4 is 5.32 Å². The summed E-state index contributed by atoms with van der Waals surface area (Å²) in [5, 5.41) is 3.95. The molecule has 38 heavy (non-hydrogen) atoms. The molecule has 2 aromatic rings. The van der Waals surface area contributed by atoms with Crippen molar-refractivity contribution in [2.45, 2.75) is 52.3 Å². The zero-order valence-electron chi connectivity index (χ0n) is 22.3. The minimum atomic E-state index is -0.523. The van der Waals surface area contributed by atoms with Crippen molar-refractivity contribution in [2.75, 3.05) is 26.7 Å². The van der Waals surface area contributed by atoms with Gasteiger partial charge in [0.2, 0.25) is 0 Å². The third-order valence-corrected chi connectivity index (χ3v) is 16.6. The maximum atomic E-state index is 13.6. The molecule has 5 nitrogen and oxygen atoms in total. The summed E-state index contributed by atoms with van der Waals surface area (Å²) in [6, 6.07) is 18.4. The van der Waals surface area contributed by atoms with Gasteiger partial charge in [0.25, 0.3) is 0 Å². The second-order valence-corrected chi connectivity index (χ2v) is 16.8. The van der Waals surface area contributed by atoms with Crippen molar-refractivity contribution in [3.8, 4) is 0 Å². The monoisotopic (exact) mass is 587 g/mol. The van der Waals surface area contributed by atoms with Crippen molar-refractivity contribution in [3.63, 3.8) is 0 Å². The van der Waals surface area contributed by atoms with Crippen LogP contribution in [0.15, 0.2) is 60.7 Å². The zero-order valence-corrected chi connectivity index (χ0v) is 26.3. The highest BCUT2D eigenvalue weighted by Gasteiger charge is 2.85. The zero-order chi connectivity index (χ0) is 26.8. The van der Waals surface area contributed by atoms with E-state index in [1.807, 2.05) is 36.4 Å². The molecule has 2 aliphatic heterocycles. The SMILES string of the molecule is CPC12CCC(PC)(C1)C1C2C2(PC)NC1(PC)C(OC(=O)c1ccccc1)C2OC(=O)c1ccccc1. The second-order valence-electron chi connectivity index (χ2n) is 11.2. The summed E-state index contributed by atoms with van der Waals surface area (Å²) in [6.45, 7) is 9.27. The molecule has 2 aliphatic carbocycles. The molecule has 2 aromatic carbocycles. The van der Waals surface area contributed by atoms with Gasteiger partial charge >= 0.3 is 11.9 Å². The first-order chi connectivity index (χ1) is 18.4. The molecule has 202 valence electrons. The lowest BCUT2D eigenvalue weighted by molar-refractivity contribution is -0.0719. The van der Waals surface area contributed by atoms with Gasteiger partial charge in [-0.05, 0) is 92.3 Å². The van der Waals surface area contributed by atoms with Crippen LogP contribution in [0.5, 0.6) is 0 Å². The van der Waals surface area contributed by atoms with Crippen LogP contribution in [0.1, 0.15) is 40.0 Å². The highest BCUT2D eigenvalue weighted by Crippen LogP contribution is 2.82. The Kier molecular flexibility index (Phi) is 7.07. The Labute approximate surface area is 232 Å². The molecule has 2 saturated heterocycles. The van der Waals surface area contributed by atoms with Crippen LogP contribution in [-0.4, -0.2) is 71.7 Å². The van der Waals surface area contributed by atoms with Gasteiger partial charge in [-0.3, -0.25) is 5.32 Å². The van der Waals surface area contributed by atoms with Crippen molar-refractivity contribution < 1.29 is 19.1 Å². The van der Waals surface area contributed by atoms with Gasteiger partial charge in [0.05, 0.1) is 21.7 Å². The first-order valence-corrected chi connectivity index (χ1v) is 19.4. The first-order valence-electron chi connectivity index (χ1n) is 13.4. The number of carbonyl (C=O) groups is 2. The molecular weight excluding hydrogens is 550 g/mol. The van der Waals surface area contributed by atoms with Crippen LogP contribution in [0, 0.1) is 11.8 Å². The van der Waals surface area contributed by atoms with E-state index < -0.39 is 12.2 Å². The van der Waals surface area contributed by atoms with Crippen molar-refractivity contribution >= 4 is 46.3 Å².